The summed E-state index contributed by atoms with van der Waals surface area (Å²) in [6.07, 6.45) is 2.49. The van der Waals surface area contributed by atoms with E-state index >= 15 is 0 Å². The number of carbonyl (C=O) groups excluding carboxylic acids is 4. The number of carbonyl (C=O) groups is 4. The zero-order chi connectivity index (χ0) is 25.0. The number of esters is 2. The molecule has 0 saturated heterocycles. The van der Waals surface area contributed by atoms with Crippen LogP contribution in [0.3, 0.4) is 0 Å². The number of imide groups is 1. The Morgan fingerprint density at radius 3 is 1.73 bits per heavy atom. The topological polar surface area (TPSA) is 90.0 Å². The number of nitrogens with zero attached hydrogens (tertiary/aromatic N) is 1. The first-order valence-electron chi connectivity index (χ1n) is 11.2. The van der Waals surface area contributed by atoms with Crippen molar-refractivity contribution in [3.05, 3.63) is 48.0 Å². The Hall–Kier alpha value is -2.96. The van der Waals surface area contributed by atoms with Crippen molar-refractivity contribution >= 4 is 23.8 Å². The summed E-state index contributed by atoms with van der Waals surface area (Å²) in [5.74, 6) is -2.09. The summed E-state index contributed by atoms with van der Waals surface area (Å²) < 4.78 is 11.3. The Morgan fingerprint density at radius 2 is 1.33 bits per heavy atom. The van der Waals surface area contributed by atoms with Crippen LogP contribution in [0, 0.1) is 5.41 Å². The molecule has 1 aliphatic rings. The first-order chi connectivity index (χ1) is 15.2. The number of ether oxygens (including phenoxy) is 2. The van der Waals surface area contributed by atoms with Crippen LogP contribution < -0.4 is 0 Å². The van der Waals surface area contributed by atoms with Crippen molar-refractivity contribution in [2.45, 2.75) is 78.4 Å². The zero-order valence-corrected chi connectivity index (χ0v) is 20.5. The Balaban J connectivity index is 2.29. The van der Waals surface area contributed by atoms with Crippen LogP contribution in [0.5, 0.6) is 0 Å². The van der Waals surface area contributed by atoms with Gasteiger partial charge in [-0.25, -0.2) is 0 Å². The molecule has 0 spiro atoms. The third-order valence-corrected chi connectivity index (χ3v) is 5.22. The quantitative estimate of drug-likeness (QED) is 0.231. The number of fused-ring (bicyclic) bond motifs is 1. The second-order valence-corrected chi connectivity index (χ2v) is 10.3. The zero-order valence-electron chi connectivity index (χ0n) is 20.5. The highest BCUT2D eigenvalue weighted by Gasteiger charge is 2.50. The van der Waals surface area contributed by atoms with Crippen LogP contribution in [0.25, 0.3) is 0 Å². The lowest BCUT2D eigenvalue weighted by molar-refractivity contribution is -0.186. The van der Waals surface area contributed by atoms with Gasteiger partial charge in [0.1, 0.15) is 11.2 Å². The van der Waals surface area contributed by atoms with Gasteiger partial charge in [-0.3, -0.25) is 24.1 Å². The number of hydrogen-bond acceptors (Lipinski definition) is 6. The maximum Gasteiger partial charge on any atom is 0.324 e. The minimum absolute atomic E-state index is 0.0675. The van der Waals surface area contributed by atoms with E-state index in [1.807, 2.05) is 0 Å². The monoisotopic (exact) mass is 457 g/mol. The maximum absolute atomic E-state index is 13.3. The van der Waals surface area contributed by atoms with Crippen molar-refractivity contribution in [1.29, 1.82) is 0 Å². The molecule has 0 N–H and O–H groups in total. The number of amides is 2. The molecule has 7 nitrogen and oxygen atoms in total. The van der Waals surface area contributed by atoms with Crippen LogP contribution >= 0.6 is 0 Å². The fourth-order valence-corrected chi connectivity index (χ4v) is 3.70. The van der Waals surface area contributed by atoms with E-state index in [0.29, 0.717) is 17.5 Å². The minimum atomic E-state index is -1.58. The van der Waals surface area contributed by atoms with E-state index < -0.39 is 28.6 Å². The van der Waals surface area contributed by atoms with Crippen molar-refractivity contribution in [1.82, 2.24) is 4.90 Å². The standard InChI is InChI=1S/C26H35NO6/c1-8-9-15-26(22(30)32-24(2,3)4,23(31)33-25(5,6)7)16-12-17-27-20(28)18-13-10-11-14-19(18)21(27)29/h8,10-11,13-14H,1,9,12,15-17H2,2-7H3. The Kier molecular flexibility index (Phi) is 7.88. The van der Waals surface area contributed by atoms with Gasteiger partial charge in [-0.1, -0.05) is 18.2 Å². The van der Waals surface area contributed by atoms with Gasteiger partial charge in [-0.05, 0) is 79.4 Å². The Morgan fingerprint density at radius 1 is 0.879 bits per heavy atom. The van der Waals surface area contributed by atoms with Crippen molar-refractivity contribution in [3.8, 4) is 0 Å². The summed E-state index contributed by atoms with van der Waals surface area (Å²) in [5.41, 5.74) is -2.46. The van der Waals surface area contributed by atoms with Gasteiger partial charge in [0, 0.05) is 6.54 Å². The van der Waals surface area contributed by atoms with Gasteiger partial charge in [0.2, 0.25) is 0 Å². The van der Waals surface area contributed by atoms with Gasteiger partial charge in [0.25, 0.3) is 11.8 Å². The highest BCUT2D eigenvalue weighted by Crippen LogP contribution is 2.37. The molecule has 1 heterocycles. The summed E-state index contributed by atoms with van der Waals surface area (Å²) in [6.45, 7) is 14.2. The molecule has 2 amide bonds. The molecule has 7 heteroatoms. The lowest BCUT2D eigenvalue weighted by atomic mass is 9.78. The second kappa shape index (κ2) is 9.89. The number of allylic oxidation sites excluding steroid dienone is 1. The molecule has 0 fully saturated rings. The lowest BCUT2D eigenvalue weighted by Gasteiger charge is -2.35. The molecule has 0 saturated carbocycles. The average Bonchev–Trinajstić information content (AvgIpc) is 2.93. The molecule has 1 aliphatic heterocycles. The smallest absolute Gasteiger partial charge is 0.324 e. The summed E-state index contributed by atoms with van der Waals surface area (Å²) in [4.78, 5) is 53.2. The molecule has 1 aromatic carbocycles. The normalized spacial score (nSPS) is 14.2. The second-order valence-electron chi connectivity index (χ2n) is 10.3. The van der Waals surface area contributed by atoms with Gasteiger partial charge in [-0.15, -0.1) is 6.58 Å². The molecule has 0 aromatic heterocycles. The van der Waals surface area contributed by atoms with Crippen LogP contribution in [0.15, 0.2) is 36.9 Å². The predicted molar refractivity (Wildman–Crippen MR) is 125 cm³/mol. The molecule has 0 atom stereocenters. The molecule has 0 radical (unpaired) electrons. The lowest BCUT2D eigenvalue weighted by Crippen LogP contribution is -2.47. The van der Waals surface area contributed by atoms with E-state index in [4.69, 9.17) is 9.47 Å². The highest BCUT2D eigenvalue weighted by atomic mass is 16.6. The highest BCUT2D eigenvalue weighted by molar-refractivity contribution is 6.21. The number of benzene rings is 1. The first-order valence-corrected chi connectivity index (χ1v) is 11.2. The molecule has 0 aliphatic carbocycles. The molecule has 33 heavy (non-hydrogen) atoms. The van der Waals surface area contributed by atoms with E-state index in [1.165, 1.54) is 0 Å². The first kappa shape index (κ1) is 26.3. The van der Waals surface area contributed by atoms with Gasteiger partial charge in [0.15, 0.2) is 5.41 Å². The van der Waals surface area contributed by atoms with Gasteiger partial charge in [0.05, 0.1) is 11.1 Å². The third-order valence-electron chi connectivity index (χ3n) is 5.22. The third kappa shape index (κ3) is 6.30. The molecule has 1 aromatic rings. The van der Waals surface area contributed by atoms with E-state index in [1.54, 1.807) is 71.9 Å². The van der Waals surface area contributed by atoms with E-state index in [9.17, 15) is 19.2 Å². The van der Waals surface area contributed by atoms with E-state index in [-0.39, 0.29) is 37.6 Å². The Bertz CT molecular complexity index is 872. The summed E-state index contributed by atoms with van der Waals surface area (Å²) in [6, 6.07) is 6.65. The van der Waals surface area contributed by atoms with E-state index in [2.05, 4.69) is 6.58 Å². The fraction of sp³-hybridized carbons (Fsp3) is 0.538. The summed E-state index contributed by atoms with van der Waals surface area (Å²) in [7, 11) is 0. The van der Waals surface area contributed by atoms with Crippen molar-refractivity contribution in [3.63, 3.8) is 0 Å². The molecular formula is C26H35NO6. The minimum Gasteiger partial charge on any atom is -0.459 e. The number of rotatable bonds is 9. The fourth-order valence-electron chi connectivity index (χ4n) is 3.70. The van der Waals surface area contributed by atoms with Crippen molar-refractivity contribution in [2.24, 2.45) is 5.41 Å². The summed E-state index contributed by atoms with van der Waals surface area (Å²) >= 11 is 0. The van der Waals surface area contributed by atoms with Crippen LogP contribution in [-0.4, -0.2) is 46.4 Å². The van der Waals surface area contributed by atoms with Crippen LogP contribution in [0.2, 0.25) is 0 Å². The molecule has 180 valence electrons. The maximum atomic E-state index is 13.3. The van der Waals surface area contributed by atoms with Gasteiger partial charge in [-0.2, -0.15) is 0 Å². The van der Waals surface area contributed by atoms with Gasteiger partial charge < -0.3 is 9.47 Å². The summed E-state index contributed by atoms with van der Waals surface area (Å²) in [5, 5.41) is 0. The van der Waals surface area contributed by atoms with E-state index in [0.717, 1.165) is 4.90 Å². The van der Waals surface area contributed by atoms with Crippen molar-refractivity contribution < 1.29 is 28.7 Å². The van der Waals surface area contributed by atoms with Crippen LogP contribution in [-0.2, 0) is 19.1 Å². The molecule has 2 rings (SSSR count). The molecular weight excluding hydrogens is 422 g/mol. The van der Waals surface area contributed by atoms with Crippen LogP contribution in [0.1, 0.15) is 87.9 Å². The largest absolute Gasteiger partial charge is 0.459 e. The molecule has 0 bridgehead atoms. The number of hydrogen-bond donors (Lipinski definition) is 0. The predicted octanol–water partition coefficient (Wildman–Crippen LogP) is 4.70. The van der Waals surface area contributed by atoms with Crippen LogP contribution in [0.4, 0.5) is 0 Å². The Labute approximate surface area is 196 Å². The van der Waals surface area contributed by atoms with Crippen molar-refractivity contribution in [2.75, 3.05) is 6.54 Å². The average molecular weight is 458 g/mol. The molecule has 0 unspecified atom stereocenters. The SMILES string of the molecule is C=CCCC(CCCN1C(=O)c2ccccc2C1=O)(C(=O)OC(C)(C)C)C(=O)OC(C)(C)C. The van der Waals surface area contributed by atoms with Gasteiger partial charge >= 0.3 is 11.9 Å².